The quantitative estimate of drug-likeness (QED) is 0.774. The van der Waals surface area contributed by atoms with Crippen molar-refractivity contribution in [2.45, 2.75) is 70.9 Å². The predicted octanol–water partition coefficient (Wildman–Crippen LogP) is 2.98. The van der Waals surface area contributed by atoms with Crippen LogP contribution in [0.5, 0.6) is 0 Å². The van der Waals surface area contributed by atoms with E-state index < -0.39 is 0 Å². The highest BCUT2D eigenvalue weighted by Gasteiger charge is 2.26. The van der Waals surface area contributed by atoms with Gasteiger partial charge in [-0.3, -0.25) is 4.79 Å². The third kappa shape index (κ3) is 3.71. The van der Waals surface area contributed by atoms with Crippen LogP contribution < -0.4 is 0 Å². The fraction of sp³-hybridized carbons (Fsp3) is 0.933. The average molecular weight is 253 g/mol. The third-order valence-electron chi connectivity index (χ3n) is 4.42. The first-order valence-electron chi connectivity index (χ1n) is 7.58. The van der Waals surface area contributed by atoms with Gasteiger partial charge in [-0.05, 0) is 38.5 Å². The maximum atomic E-state index is 12.3. The molecular formula is C15H27NO2. The molecule has 1 amide bonds. The van der Waals surface area contributed by atoms with Crippen molar-refractivity contribution in [2.75, 3.05) is 13.2 Å². The highest BCUT2D eigenvalue weighted by Crippen LogP contribution is 2.23. The fourth-order valence-electron chi connectivity index (χ4n) is 3.20. The summed E-state index contributed by atoms with van der Waals surface area (Å²) in [7, 11) is 0. The van der Waals surface area contributed by atoms with E-state index in [1.54, 1.807) is 0 Å². The lowest BCUT2D eigenvalue weighted by molar-refractivity contribution is -0.140. The highest BCUT2D eigenvalue weighted by molar-refractivity contribution is 5.77. The van der Waals surface area contributed by atoms with E-state index in [1.165, 1.54) is 25.7 Å². The van der Waals surface area contributed by atoms with Crippen molar-refractivity contribution >= 4 is 5.91 Å². The summed E-state index contributed by atoms with van der Waals surface area (Å²) in [4.78, 5) is 14.3. The summed E-state index contributed by atoms with van der Waals surface area (Å²) >= 11 is 0. The number of hydrogen-bond donors (Lipinski definition) is 0. The molecule has 0 aromatic heterocycles. The zero-order valence-corrected chi connectivity index (χ0v) is 11.9. The second kappa shape index (κ2) is 6.55. The molecule has 1 aliphatic heterocycles. The van der Waals surface area contributed by atoms with Crippen molar-refractivity contribution < 1.29 is 9.53 Å². The van der Waals surface area contributed by atoms with Crippen LogP contribution in [-0.2, 0) is 9.53 Å². The molecule has 2 aliphatic rings. The molecule has 3 heteroatoms. The number of nitrogens with zero attached hydrogens (tertiary/aromatic N) is 1. The molecule has 0 radical (unpaired) electrons. The Labute approximate surface area is 111 Å². The summed E-state index contributed by atoms with van der Waals surface area (Å²) in [6.07, 6.45) is 8.77. The predicted molar refractivity (Wildman–Crippen MR) is 72.4 cm³/mol. The van der Waals surface area contributed by atoms with E-state index in [-0.39, 0.29) is 5.91 Å². The minimum Gasteiger partial charge on any atom is -0.368 e. The van der Waals surface area contributed by atoms with Gasteiger partial charge in [0.05, 0.1) is 6.10 Å². The zero-order valence-electron chi connectivity index (χ0n) is 11.9. The molecular weight excluding hydrogens is 226 g/mol. The van der Waals surface area contributed by atoms with Gasteiger partial charge in [0, 0.05) is 12.6 Å². The van der Waals surface area contributed by atoms with Crippen LogP contribution >= 0.6 is 0 Å². The third-order valence-corrected chi connectivity index (χ3v) is 4.42. The van der Waals surface area contributed by atoms with E-state index >= 15 is 0 Å². The molecule has 0 unspecified atom stereocenters. The summed E-state index contributed by atoms with van der Waals surface area (Å²) < 4.78 is 5.75. The molecule has 2 atom stereocenters. The molecule has 0 aromatic carbocycles. The number of carbonyl (C=O) groups excluding carboxylic acids is 1. The number of ether oxygens (including phenoxy) is 1. The van der Waals surface area contributed by atoms with Gasteiger partial charge in [-0.2, -0.15) is 0 Å². The molecule has 2 rings (SSSR count). The lowest BCUT2D eigenvalue weighted by Gasteiger charge is -2.29. The van der Waals surface area contributed by atoms with Gasteiger partial charge in [0.25, 0.3) is 0 Å². The van der Waals surface area contributed by atoms with E-state index in [2.05, 4.69) is 13.8 Å². The van der Waals surface area contributed by atoms with Crippen molar-refractivity contribution in [2.24, 2.45) is 5.92 Å². The average Bonchev–Trinajstić information content (AvgIpc) is 2.80. The first kappa shape index (κ1) is 13.9. The Bertz CT molecular complexity index is 274. The van der Waals surface area contributed by atoms with Crippen LogP contribution in [-0.4, -0.2) is 36.1 Å². The van der Waals surface area contributed by atoms with Crippen molar-refractivity contribution in [3.8, 4) is 0 Å². The van der Waals surface area contributed by atoms with Gasteiger partial charge in [0.15, 0.2) is 0 Å². The fourth-order valence-corrected chi connectivity index (χ4v) is 3.20. The van der Waals surface area contributed by atoms with Crippen molar-refractivity contribution in [1.82, 2.24) is 4.90 Å². The van der Waals surface area contributed by atoms with Crippen LogP contribution in [0.25, 0.3) is 0 Å². The van der Waals surface area contributed by atoms with Crippen molar-refractivity contribution in [3.05, 3.63) is 0 Å². The maximum absolute atomic E-state index is 12.3. The Morgan fingerprint density at radius 3 is 2.56 bits per heavy atom. The normalized spacial score (nSPS) is 30.4. The second-order valence-electron chi connectivity index (χ2n) is 6.15. The van der Waals surface area contributed by atoms with Gasteiger partial charge >= 0.3 is 0 Å². The Hall–Kier alpha value is -0.570. The summed E-state index contributed by atoms with van der Waals surface area (Å²) in [5.41, 5.74) is 0. The van der Waals surface area contributed by atoms with Crippen LogP contribution in [0, 0.1) is 5.92 Å². The molecule has 2 fully saturated rings. The molecule has 1 saturated carbocycles. The number of hydrogen-bond acceptors (Lipinski definition) is 2. The largest absolute Gasteiger partial charge is 0.368 e. The maximum Gasteiger partial charge on any atom is 0.248 e. The Morgan fingerprint density at radius 1 is 1.11 bits per heavy atom. The Kier molecular flexibility index (Phi) is 5.04. The van der Waals surface area contributed by atoms with Gasteiger partial charge in [0.2, 0.25) is 5.91 Å². The van der Waals surface area contributed by atoms with E-state index in [9.17, 15) is 4.79 Å². The molecule has 0 bridgehead atoms. The van der Waals surface area contributed by atoms with E-state index in [0.717, 1.165) is 25.8 Å². The smallest absolute Gasteiger partial charge is 0.248 e. The lowest BCUT2D eigenvalue weighted by Crippen LogP contribution is -2.42. The number of likely N-dealkylation sites (tertiary alicyclic amines) is 1. The second-order valence-corrected chi connectivity index (χ2v) is 6.15. The molecule has 1 aliphatic carbocycles. The van der Waals surface area contributed by atoms with Gasteiger partial charge in [-0.15, -0.1) is 0 Å². The Morgan fingerprint density at radius 2 is 1.83 bits per heavy atom. The Balaban J connectivity index is 1.81. The van der Waals surface area contributed by atoms with Crippen LogP contribution in [0.2, 0.25) is 0 Å². The minimum atomic E-state index is 0.197. The zero-order chi connectivity index (χ0) is 13.0. The first-order chi connectivity index (χ1) is 8.66. The summed E-state index contributed by atoms with van der Waals surface area (Å²) in [6, 6.07) is 0.384. The van der Waals surface area contributed by atoms with Crippen molar-refractivity contribution in [1.29, 1.82) is 0 Å². The monoisotopic (exact) mass is 253 g/mol. The minimum absolute atomic E-state index is 0.197. The molecule has 104 valence electrons. The van der Waals surface area contributed by atoms with E-state index in [4.69, 9.17) is 4.74 Å². The standard InChI is InChI=1S/C15H27NO2/c1-12-6-5-7-13(2)16(10-12)15(17)11-18-14-8-3-4-9-14/h12-14H,3-11H2,1-2H3/t12-,13-/m0/s1. The molecule has 1 heterocycles. The van der Waals surface area contributed by atoms with Gasteiger partial charge in [-0.1, -0.05) is 26.2 Å². The number of rotatable bonds is 3. The van der Waals surface area contributed by atoms with Gasteiger partial charge < -0.3 is 9.64 Å². The van der Waals surface area contributed by atoms with Crippen molar-refractivity contribution in [3.63, 3.8) is 0 Å². The highest BCUT2D eigenvalue weighted by atomic mass is 16.5. The SMILES string of the molecule is C[C@H]1CCC[C@H](C)N(C(=O)COC2CCCC2)C1. The molecule has 3 nitrogen and oxygen atoms in total. The molecule has 0 N–H and O–H groups in total. The number of amides is 1. The summed E-state index contributed by atoms with van der Waals surface area (Å²) in [5, 5.41) is 0. The van der Waals surface area contributed by atoms with Gasteiger partial charge in [-0.25, -0.2) is 0 Å². The van der Waals surface area contributed by atoms with Gasteiger partial charge in [0.1, 0.15) is 6.61 Å². The molecule has 0 aromatic rings. The van der Waals surface area contributed by atoms with Crippen LogP contribution in [0.15, 0.2) is 0 Å². The molecule has 0 spiro atoms. The summed E-state index contributed by atoms with van der Waals surface area (Å²) in [6.45, 7) is 5.62. The van der Waals surface area contributed by atoms with Crippen LogP contribution in [0.1, 0.15) is 58.8 Å². The van der Waals surface area contributed by atoms with Crippen LogP contribution in [0.3, 0.4) is 0 Å². The molecule has 1 saturated heterocycles. The van der Waals surface area contributed by atoms with Crippen LogP contribution in [0.4, 0.5) is 0 Å². The lowest BCUT2D eigenvalue weighted by atomic mass is 10.1. The first-order valence-corrected chi connectivity index (χ1v) is 7.58. The topological polar surface area (TPSA) is 29.5 Å². The van der Waals surface area contributed by atoms with E-state index in [0.29, 0.717) is 24.7 Å². The van der Waals surface area contributed by atoms with E-state index in [1.807, 2.05) is 4.90 Å². The number of carbonyl (C=O) groups is 1. The molecule has 18 heavy (non-hydrogen) atoms. The summed E-state index contributed by atoms with van der Waals surface area (Å²) in [5.74, 6) is 0.827.